The van der Waals surface area contributed by atoms with E-state index in [4.69, 9.17) is 5.26 Å². The fourth-order valence-electron chi connectivity index (χ4n) is 5.07. The molecular weight excluding hydrogens is 489 g/mol. The Labute approximate surface area is 228 Å². The zero-order chi connectivity index (χ0) is 27.0. The molecule has 1 aromatic heterocycles. The van der Waals surface area contributed by atoms with Crippen molar-refractivity contribution in [3.05, 3.63) is 114 Å². The van der Waals surface area contributed by atoms with Crippen LogP contribution < -0.4 is 15.5 Å². The van der Waals surface area contributed by atoms with Crippen molar-refractivity contribution in [1.82, 2.24) is 10.3 Å². The van der Waals surface area contributed by atoms with Gasteiger partial charge in [0.25, 0.3) is 0 Å². The highest BCUT2D eigenvalue weighted by Gasteiger charge is 2.30. The molecule has 2 N–H and O–H groups in total. The number of anilines is 2. The van der Waals surface area contributed by atoms with E-state index in [-0.39, 0.29) is 23.9 Å². The van der Waals surface area contributed by atoms with Gasteiger partial charge in [-0.05, 0) is 78.8 Å². The number of nitrogens with zero attached hydrogens (tertiary/aromatic N) is 3. The third-order valence-corrected chi connectivity index (χ3v) is 7.12. The lowest BCUT2D eigenvalue weighted by Crippen LogP contribution is -2.48. The van der Waals surface area contributed by atoms with E-state index in [1.807, 2.05) is 71.6 Å². The number of amides is 2. The first kappa shape index (κ1) is 25.9. The van der Waals surface area contributed by atoms with E-state index in [9.17, 15) is 9.18 Å². The van der Waals surface area contributed by atoms with Crippen LogP contribution in [0.2, 0.25) is 0 Å². The summed E-state index contributed by atoms with van der Waals surface area (Å²) < 4.78 is 13.8. The Kier molecular flexibility index (Phi) is 8.13. The quantitative estimate of drug-likeness (QED) is 0.278. The average molecular weight is 520 g/mol. The summed E-state index contributed by atoms with van der Waals surface area (Å²) in [6.45, 7) is 0.443. The summed E-state index contributed by atoms with van der Waals surface area (Å²) in [5, 5.41) is 15.6. The van der Waals surface area contributed by atoms with Crippen molar-refractivity contribution in [2.75, 3.05) is 10.2 Å². The molecule has 7 heteroatoms. The van der Waals surface area contributed by atoms with Gasteiger partial charge in [-0.3, -0.25) is 4.90 Å². The topological polar surface area (TPSA) is 81.0 Å². The number of hydrogen-bond acceptors (Lipinski definition) is 4. The molecule has 6 nitrogen and oxygen atoms in total. The predicted molar refractivity (Wildman–Crippen MR) is 152 cm³/mol. The van der Waals surface area contributed by atoms with Gasteiger partial charge in [-0.1, -0.05) is 54.6 Å². The van der Waals surface area contributed by atoms with E-state index >= 15 is 0 Å². The Morgan fingerprint density at radius 2 is 1.69 bits per heavy atom. The first-order chi connectivity index (χ1) is 19.1. The number of carbonyl (C=O) groups excluding carboxylic acids is 1. The molecule has 0 bridgehead atoms. The van der Waals surface area contributed by atoms with Crippen LogP contribution >= 0.6 is 0 Å². The maximum absolute atomic E-state index is 13.8. The van der Waals surface area contributed by atoms with Gasteiger partial charge in [0, 0.05) is 30.5 Å². The van der Waals surface area contributed by atoms with Crippen LogP contribution in [0.3, 0.4) is 0 Å². The van der Waals surface area contributed by atoms with Gasteiger partial charge in [-0.2, -0.15) is 5.26 Å². The zero-order valence-electron chi connectivity index (χ0n) is 21.6. The molecule has 5 rings (SSSR count). The van der Waals surface area contributed by atoms with E-state index in [0.29, 0.717) is 12.1 Å². The number of aromatic nitrogens is 1. The fourth-order valence-corrected chi connectivity index (χ4v) is 5.07. The fraction of sp³-hybridized carbons (Fsp3) is 0.219. The lowest BCUT2D eigenvalue weighted by molar-refractivity contribution is 0.240. The van der Waals surface area contributed by atoms with E-state index in [1.54, 1.807) is 18.3 Å². The lowest BCUT2D eigenvalue weighted by atomic mass is 9.89. The first-order valence-electron chi connectivity index (χ1n) is 13.2. The minimum Gasteiger partial charge on any atom is -0.367 e. The van der Waals surface area contributed by atoms with Gasteiger partial charge in [-0.15, -0.1) is 0 Å². The molecule has 1 aliphatic rings. The summed E-state index contributed by atoms with van der Waals surface area (Å²) in [5.74, 6) is 0.475. The maximum atomic E-state index is 13.8. The standard InChI is InChI=1S/C32H30FN5O/c33-27-8-4-7-26(19-27)25-10-14-29(15-11-25)38(32(39)36-21-23-5-2-1-3-6-23)30-16-12-28(13-17-30)37-31-18-9-24(20-34)22-35-31/h1-11,14-15,18-19,22,28,30H,12-13,16-17,21H2,(H,35,37)(H,36,39)/t28-,30-. The largest absolute Gasteiger partial charge is 0.367 e. The number of benzene rings is 3. The van der Waals surface area contributed by atoms with Crippen LogP contribution in [-0.2, 0) is 6.54 Å². The van der Waals surface area contributed by atoms with E-state index in [0.717, 1.165) is 53.9 Å². The Balaban J connectivity index is 1.30. The van der Waals surface area contributed by atoms with Crippen molar-refractivity contribution < 1.29 is 9.18 Å². The summed E-state index contributed by atoms with van der Waals surface area (Å²) in [5.41, 5.74) is 4.07. The molecule has 39 heavy (non-hydrogen) atoms. The highest BCUT2D eigenvalue weighted by Crippen LogP contribution is 2.31. The van der Waals surface area contributed by atoms with Crippen LogP contribution in [0.25, 0.3) is 11.1 Å². The number of pyridine rings is 1. The Morgan fingerprint density at radius 1 is 0.923 bits per heavy atom. The highest BCUT2D eigenvalue weighted by molar-refractivity contribution is 5.93. The zero-order valence-corrected chi connectivity index (χ0v) is 21.6. The highest BCUT2D eigenvalue weighted by atomic mass is 19.1. The van der Waals surface area contributed by atoms with Gasteiger partial charge in [0.1, 0.15) is 17.7 Å². The first-order valence-corrected chi connectivity index (χ1v) is 13.2. The van der Waals surface area contributed by atoms with Crippen molar-refractivity contribution in [3.63, 3.8) is 0 Å². The molecular formula is C32H30FN5O. The molecule has 1 aliphatic carbocycles. The van der Waals surface area contributed by atoms with Crippen LogP contribution in [-0.4, -0.2) is 23.1 Å². The van der Waals surface area contributed by atoms with Crippen LogP contribution in [0.15, 0.2) is 97.2 Å². The monoisotopic (exact) mass is 519 g/mol. The molecule has 1 saturated carbocycles. The smallest absolute Gasteiger partial charge is 0.322 e. The molecule has 4 aromatic rings. The van der Waals surface area contributed by atoms with E-state index in [2.05, 4.69) is 21.7 Å². The number of nitriles is 1. The molecule has 196 valence electrons. The maximum Gasteiger partial charge on any atom is 0.322 e. The summed E-state index contributed by atoms with van der Waals surface area (Å²) >= 11 is 0. The Bertz CT molecular complexity index is 1430. The predicted octanol–water partition coefficient (Wildman–Crippen LogP) is 6.90. The molecule has 0 saturated heterocycles. The second kappa shape index (κ2) is 12.2. The van der Waals surface area contributed by atoms with E-state index < -0.39 is 0 Å². The lowest BCUT2D eigenvalue weighted by Gasteiger charge is -2.37. The molecule has 3 aromatic carbocycles. The van der Waals surface area contributed by atoms with Crippen LogP contribution in [0.5, 0.6) is 0 Å². The van der Waals surface area contributed by atoms with Gasteiger partial charge in [-0.25, -0.2) is 14.2 Å². The van der Waals surface area contributed by atoms with E-state index in [1.165, 1.54) is 12.1 Å². The van der Waals surface area contributed by atoms with Gasteiger partial charge in [0.05, 0.1) is 5.56 Å². The van der Waals surface area contributed by atoms with Crippen LogP contribution in [0, 0.1) is 17.1 Å². The second-order valence-corrected chi connectivity index (χ2v) is 9.77. The summed E-state index contributed by atoms with van der Waals surface area (Å²) in [6.07, 6.45) is 5.00. The molecule has 0 atom stereocenters. The number of rotatable bonds is 7. The molecule has 1 fully saturated rings. The normalized spacial score (nSPS) is 16.6. The van der Waals surface area contributed by atoms with Crippen molar-refractivity contribution in [1.29, 1.82) is 5.26 Å². The molecule has 0 spiro atoms. The molecule has 2 amide bonds. The van der Waals surface area contributed by atoms with Crippen molar-refractivity contribution in [2.24, 2.45) is 0 Å². The Morgan fingerprint density at radius 3 is 2.36 bits per heavy atom. The molecule has 1 heterocycles. The summed E-state index contributed by atoms with van der Waals surface area (Å²) in [6, 6.07) is 29.9. The Hall–Kier alpha value is -4.70. The van der Waals surface area contributed by atoms with Crippen molar-refractivity contribution >= 4 is 17.5 Å². The van der Waals surface area contributed by atoms with Gasteiger partial charge < -0.3 is 10.6 Å². The summed E-state index contributed by atoms with van der Waals surface area (Å²) in [7, 11) is 0. The minimum absolute atomic E-state index is 0.0350. The number of urea groups is 1. The third-order valence-electron chi connectivity index (χ3n) is 7.12. The minimum atomic E-state index is -0.278. The van der Waals surface area contributed by atoms with Crippen molar-refractivity contribution in [2.45, 2.75) is 44.3 Å². The van der Waals surface area contributed by atoms with Gasteiger partial charge in [0.2, 0.25) is 0 Å². The second-order valence-electron chi connectivity index (χ2n) is 9.77. The third kappa shape index (κ3) is 6.60. The molecule has 0 aliphatic heterocycles. The number of hydrogen-bond donors (Lipinski definition) is 2. The number of halogens is 1. The van der Waals surface area contributed by atoms with Gasteiger partial charge in [0.15, 0.2) is 0 Å². The molecule has 0 unspecified atom stereocenters. The summed E-state index contributed by atoms with van der Waals surface area (Å²) in [4.78, 5) is 19.8. The number of carbonyl (C=O) groups is 1. The average Bonchev–Trinajstić information content (AvgIpc) is 2.98. The van der Waals surface area contributed by atoms with Crippen molar-refractivity contribution in [3.8, 4) is 17.2 Å². The SMILES string of the molecule is N#Cc1ccc(N[C@H]2CC[C@H](N(C(=O)NCc3ccccc3)c3ccc(-c4cccc(F)c4)cc3)CC2)nc1. The van der Waals surface area contributed by atoms with Crippen LogP contribution in [0.4, 0.5) is 20.7 Å². The van der Waals surface area contributed by atoms with Crippen LogP contribution in [0.1, 0.15) is 36.8 Å². The number of nitrogens with one attached hydrogen (secondary N) is 2. The molecule has 0 radical (unpaired) electrons. The van der Waals surface area contributed by atoms with Gasteiger partial charge >= 0.3 is 6.03 Å².